The maximum Gasteiger partial charge on any atom is 0.339 e. The van der Waals surface area contributed by atoms with Crippen LogP contribution in [0, 0.1) is 5.41 Å². The van der Waals surface area contributed by atoms with Crippen LogP contribution in [0.4, 0.5) is 0 Å². The Bertz CT molecular complexity index is 454. The van der Waals surface area contributed by atoms with Gasteiger partial charge in [0.25, 0.3) is 0 Å². The fourth-order valence-corrected chi connectivity index (χ4v) is 2.26. The molecular formula is C15H18O4. The second-order valence-corrected chi connectivity index (χ2v) is 5.26. The molecule has 0 aliphatic carbocycles. The first-order valence-electron chi connectivity index (χ1n) is 6.49. The summed E-state index contributed by atoms with van der Waals surface area (Å²) in [5.74, 6) is -0.923. The number of benzene rings is 1. The van der Waals surface area contributed by atoms with E-state index in [1.807, 2.05) is 6.92 Å². The predicted molar refractivity (Wildman–Crippen MR) is 70.0 cm³/mol. The zero-order valence-electron chi connectivity index (χ0n) is 11.3. The van der Waals surface area contributed by atoms with Gasteiger partial charge in [-0.05, 0) is 18.6 Å². The highest BCUT2D eigenvalue weighted by atomic mass is 16.6. The fourth-order valence-electron chi connectivity index (χ4n) is 2.26. The summed E-state index contributed by atoms with van der Waals surface area (Å²) in [6, 6.07) is 6.58. The minimum atomic E-state index is -0.461. The minimum Gasteiger partial charge on any atom is -0.461 e. The number of esters is 2. The lowest BCUT2D eigenvalue weighted by molar-refractivity contribution is 0.000988. The molecule has 0 bridgehead atoms. The van der Waals surface area contributed by atoms with Crippen molar-refractivity contribution in [3.8, 4) is 0 Å². The molecule has 2 rings (SSSR count). The molecule has 0 spiro atoms. The number of carbonyl (C=O) groups excluding carboxylic acids is 2. The Morgan fingerprint density at radius 2 is 1.53 bits per heavy atom. The van der Waals surface area contributed by atoms with E-state index in [2.05, 4.69) is 6.92 Å². The molecule has 0 saturated heterocycles. The molecule has 1 aromatic carbocycles. The predicted octanol–water partition coefficient (Wildman–Crippen LogP) is 2.82. The average molecular weight is 262 g/mol. The Morgan fingerprint density at radius 1 is 1.05 bits per heavy atom. The maximum atomic E-state index is 12.0. The van der Waals surface area contributed by atoms with Gasteiger partial charge < -0.3 is 9.47 Å². The van der Waals surface area contributed by atoms with E-state index < -0.39 is 11.9 Å². The van der Waals surface area contributed by atoms with Crippen molar-refractivity contribution in [1.29, 1.82) is 0 Å². The second-order valence-electron chi connectivity index (χ2n) is 5.26. The summed E-state index contributed by atoms with van der Waals surface area (Å²) in [5.41, 5.74) is 0.226. The third-order valence-electron chi connectivity index (χ3n) is 3.32. The van der Waals surface area contributed by atoms with Gasteiger partial charge in [-0.3, -0.25) is 0 Å². The van der Waals surface area contributed by atoms with Crippen molar-refractivity contribution in [2.24, 2.45) is 5.41 Å². The smallest absolute Gasteiger partial charge is 0.339 e. The van der Waals surface area contributed by atoms with Gasteiger partial charge >= 0.3 is 11.9 Å². The lowest BCUT2D eigenvalue weighted by Crippen LogP contribution is -2.30. The largest absolute Gasteiger partial charge is 0.461 e. The molecule has 1 aliphatic rings. The first kappa shape index (κ1) is 13.6. The third-order valence-corrected chi connectivity index (χ3v) is 3.32. The van der Waals surface area contributed by atoms with E-state index in [-0.39, 0.29) is 29.8 Å². The first-order valence-corrected chi connectivity index (χ1v) is 6.49. The number of hydrogen-bond acceptors (Lipinski definition) is 4. The quantitative estimate of drug-likeness (QED) is 0.769. The Hall–Kier alpha value is -1.84. The van der Waals surface area contributed by atoms with Gasteiger partial charge in [-0.2, -0.15) is 0 Å². The van der Waals surface area contributed by atoms with Crippen LogP contribution >= 0.6 is 0 Å². The van der Waals surface area contributed by atoms with Gasteiger partial charge in [-0.25, -0.2) is 9.59 Å². The molecule has 0 atom stereocenters. The van der Waals surface area contributed by atoms with Crippen molar-refractivity contribution >= 4 is 11.9 Å². The Labute approximate surface area is 112 Å². The lowest BCUT2D eigenvalue weighted by atomic mass is 9.87. The zero-order chi connectivity index (χ0) is 13.9. The summed E-state index contributed by atoms with van der Waals surface area (Å²) in [6.45, 7) is 4.55. The molecule has 0 radical (unpaired) electrons. The first-order chi connectivity index (χ1) is 9.06. The van der Waals surface area contributed by atoms with Crippen LogP contribution in [-0.4, -0.2) is 25.2 Å². The van der Waals surface area contributed by atoms with Gasteiger partial charge in [0.2, 0.25) is 0 Å². The van der Waals surface area contributed by atoms with Crippen LogP contribution in [0.3, 0.4) is 0 Å². The van der Waals surface area contributed by atoms with Gasteiger partial charge in [-0.1, -0.05) is 32.4 Å². The highest BCUT2D eigenvalue weighted by Crippen LogP contribution is 2.27. The Morgan fingerprint density at radius 3 is 1.95 bits per heavy atom. The summed E-state index contributed by atoms with van der Waals surface area (Å²) in [7, 11) is 0. The summed E-state index contributed by atoms with van der Waals surface area (Å²) in [5, 5.41) is 0. The van der Waals surface area contributed by atoms with E-state index in [0.29, 0.717) is 0 Å². The van der Waals surface area contributed by atoms with E-state index in [1.165, 1.54) is 0 Å². The van der Waals surface area contributed by atoms with Crippen LogP contribution in [0.1, 0.15) is 47.4 Å². The van der Waals surface area contributed by atoms with Gasteiger partial charge in [-0.15, -0.1) is 0 Å². The number of ether oxygens (including phenoxy) is 2. The second kappa shape index (κ2) is 5.43. The Kier molecular flexibility index (Phi) is 3.88. The molecule has 1 aromatic rings. The van der Waals surface area contributed by atoms with Crippen LogP contribution in [0.25, 0.3) is 0 Å². The van der Waals surface area contributed by atoms with Gasteiger partial charge in [0.1, 0.15) is 13.2 Å². The molecule has 0 fully saturated rings. The lowest BCUT2D eigenvalue weighted by Gasteiger charge is -2.27. The summed E-state index contributed by atoms with van der Waals surface area (Å²) >= 11 is 0. The van der Waals surface area contributed by atoms with Crippen LogP contribution < -0.4 is 0 Å². The molecule has 4 heteroatoms. The summed E-state index contributed by atoms with van der Waals surface area (Å²) < 4.78 is 10.7. The van der Waals surface area contributed by atoms with E-state index in [9.17, 15) is 9.59 Å². The van der Waals surface area contributed by atoms with Crippen molar-refractivity contribution in [3.05, 3.63) is 35.4 Å². The topological polar surface area (TPSA) is 52.6 Å². The molecule has 19 heavy (non-hydrogen) atoms. The molecule has 4 nitrogen and oxygen atoms in total. The van der Waals surface area contributed by atoms with Crippen LogP contribution in [0.5, 0.6) is 0 Å². The monoisotopic (exact) mass is 262 g/mol. The number of hydrogen-bond donors (Lipinski definition) is 0. The molecule has 0 aromatic heterocycles. The van der Waals surface area contributed by atoms with Crippen molar-refractivity contribution < 1.29 is 19.1 Å². The van der Waals surface area contributed by atoms with E-state index in [1.54, 1.807) is 24.3 Å². The molecule has 1 aliphatic heterocycles. The number of rotatable bonds is 2. The molecule has 0 unspecified atom stereocenters. The van der Waals surface area contributed by atoms with Crippen LogP contribution in [0.2, 0.25) is 0 Å². The summed E-state index contributed by atoms with van der Waals surface area (Å²) in [4.78, 5) is 24.0. The van der Waals surface area contributed by atoms with E-state index in [0.717, 1.165) is 12.8 Å². The fraction of sp³-hybridized carbons (Fsp3) is 0.467. The Balaban J connectivity index is 2.32. The van der Waals surface area contributed by atoms with Crippen molar-refractivity contribution in [2.45, 2.75) is 26.7 Å². The van der Waals surface area contributed by atoms with Crippen molar-refractivity contribution in [2.75, 3.05) is 13.2 Å². The molecule has 0 saturated carbocycles. The zero-order valence-corrected chi connectivity index (χ0v) is 11.3. The third kappa shape index (κ3) is 2.95. The molecule has 0 amide bonds. The van der Waals surface area contributed by atoms with Gasteiger partial charge in [0, 0.05) is 5.41 Å². The average Bonchev–Trinajstić information content (AvgIpc) is 2.46. The molecule has 102 valence electrons. The molecule has 1 heterocycles. The standard InChI is InChI=1S/C15H18O4/c1-3-8-15(2)9-18-13(16)11-6-4-5-7-12(11)14(17)19-10-15/h4-7H,3,8-10H2,1-2H3. The molecule has 0 N–H and O–H groups in total. The summed E-state index contributed by atoms with van der Waals surface area (Å²) in [6.07, 6.45) is 1.78. The minimum absolute atomic E-state index is 0.265. The van der Waals surface area contributed by atoms with Gasteiger partial charge in [0.05, 0.1) is 11.1 Å². The maximum absolute atomic E-state index is 12.0. The highest BCUT2D eigenvalue weighted by Gasteiger charge is 2.31. The normalized spacial score (nSPS) is 18.4. The highest BCUT2D eigenvalue weighted by molar-refractivity contribution is 6.03. The SMILES string of the molecule is CCCC1(C)COC(=O)c2ccccc2C(=O)OC1. The van der Waals surface area contributed by atoms with E-state index in [4.69, 9.17) is 9.47 Å². The number of carbonyl (C=O) groups is 2. The van der Waals surface area contributed by atoms with Crippen molar-refractivity contribution in [1.82, 2.24) is 0 Å². The number of cyclic esters (lactones) is 2. The van der Waals surface area contributed by atoms with E-state index >= 15 is 0 Å². The number of fused-ring (bicyclic) bond motifs is 1. The molecular weight excluding hydrogens is 244 g/mol. The van der Waals surface area contributed by atoms with Crippen LogP contribution in [-0.2, 0) is 9.47 Å². The van der Waals surface area contributed by atoms with Crippen molar-refractivity contribution in [3.63, 3.8) is 0 Å². The van der Waals surface area contributed by atoms with Gasteiger partial charge in [0.15, 0.2) is 0 Å². The van der Waals surface area contributed by atoms with Crippen LogP contribution in [0.15, 0.2) is 24.3 Å².